The molecule has 1 rings (SSSR count). The van der Waals surface area contributed by atoms with Crippen molar-refractivity contribution in [2.24, 2.45) is 5.73 Å². The van der Waals surface area contributed by atoms with Crippen molar-refractivity contribution in [2.45, 2.75) is 18.7 Å². The monoisotopic (exact) mass is 316 g/mol. The summed E-state index contributed by atoms with van der Waals surface area (Å²) in [5.41, 5.74) is 6.61. The number of nitrogens with one attached hydrogen (secondary N) is 1. The number of nitrogens with two attached hydrogens (primary N) is 1. The quantitative estimate of drug-likeness (QED) is 0.578. The van der Waals surface area contributed by atoms with Crippen LogP contribution in [0.3, 0.4) is 0 Å². The second-order valence-electron chi connectivity index (χ2n) is 4.19. The molecule has 1 unspecified atom stereocenters. The van der Waals surface area contributed by atoms with Crippen LogP contribution in [0.15, 0.2) is 24.3 Å². The number of hydrogen-bond donors (Lipinski definition) is 2. The molecule has 1 aromatic carbocycles. The number of benzene rings is 1. The Hall–Kier alpha value is -1.51. The second kappa shape index (κ2) is 6.78. The highest BCUT2D eigenvalue weighted by atomic mass is 32.2. The number of thiocarbonyl (C=S) groups is 1. The fourth-order valence-corrected chi connectivity index (χ4v) is 3.03. The minimum atomic E-state index is -3.67. The largest absolute Gasteiger partial charge is 0.468 e. The molecule has 0 bridgehead atoms. The Morgan fingerprint density at radius 3 is 2.70 bits per heavy atom. The third kappa shape index (κ3) is 4.87. The minimum absolute atomic E-state index is 0.195. The average molecular weight is 316 g/mol. The smallest absolute Gasteiger partial charge is 0.323 e. The predicted molar refractivity (Wildman–Crippen MR) is 79.6 cm³/mol. The summed E-state index contributed by atoms with van der Waals surface area (Å²) in [6, 6.07) is 5.67. The fraction of sp³-hybridized carbons (Fsp3) is 0.333. The zero-order chi connectivity index (χ0) is 15.3. The third-order valence-electron chi connectivity index (χ3n) is 2.48. The van der Waals surface area contributed by atoms with E-state index < -0.39 is 22.0 Å². The molecule has 0 aliphatic carbocycles. The van der Waals surface area contributed by atoms with E-state index >= 15 is 0 Å². The van der Waals surface area contributed by atoms with Gasteiger partial charge in [0.2, 0.25) is 10.0 Å². The lowest BCUT2D eigenvalue weighted by atomic mass is 10.1. The summed E-state index contributed by atoms with van der Waals surface area (Å²) in [6.45, 7) is 1.41. The summed E-state index contributed by atoms with van der Waals surface area (Å²) in [6.07, 6.45) is 0. The van der Waals surface area contributed by atoms with E-state index in [-0.39, 0.29) is 10.7 Å². The van der Waals surface area contributed by atoms with E-state index in [9.17, 15) is 13.2 Å². The molecule has 0 amide bonds. The van der Waals surface area contributed by atoms with Crippen molar-refractivity contribution < 1.29 is 17.9 Å². The van der Waals surface area contributed by atoms with Crippen LogP contribution in [0.1, 0.15) is 18.1 Å². The van der Waals surface area contributed by atoms with Gasteiger partial charge in [0.1, 0.15) is 11.0 Å². The molecule has 3 N–H and O–H groups in total. The van der Waals surface area contributed by atoms with Gasteiger partial charge in [-0.2, -0.15) is 0 Å². The Morgan fingerprint density at radius 1 is 1.50 bits per heavy atom. The molecule has 0 aliphatic rings. The van der Waals surface area contributed by atoms with Crippen molar-refractivity contribution in [1.29, 1.82) is 0 Å². The van der Waals surface area contributed by atoms with Gasteiger partial charge in [0, 0.05) is 5.56 Å². The zero-order valence-electron chi connectivity index (χ0n) is 11.1. The van der Waals surface area contributed by atoms with Crippen molar-refractivity contribution in [2.75, 3.05) is 7.11 Å². The van der Waals surface area contributed by atoms with E-state index in [2.05, 4.69) is 9.46 Å². The molecule has 110 valence electrons. The molecule has 0 fully saturated rings. The van der Waals surface area contributed by atoms with Crippen molar-refractivity contribution in [3.8, 4) is 0 Å². The number of esters is 1. The highest BCUT2D eigenvalue weighted by Gasteiger charge is 2.21. The lowest BCUT2D eigenvalue weighted by Gasteiger charge is -2.12. The standard InChI is InChI=1S/C12H16N2O4S2/c1-8(12(15)18-2)14-20(16,17)7-9-4-3-5-10(6-9)11(13)19/h3-6,8,14H,7H2,1-2H3,(H2,13,19). The second-order valence-corrected chi connectivity index (χ2v) is 6.38. The lowest BCUT2D eigenvalue weighted by molar-refractivity contribution is -0.142. The van der Waals surface area contributed by atoms with Crippen LogP contribution < -0.4 is 10.5 Å². The molecule has 20 heavy (non-hydrogen) atoms. The van der Waals surface area contributed by atoms with Gasteiger partial charge < -0.3 is 10.5 Å². The Labute approximate surface area is 123 Å². The van der Waals surface area contributed by atoms with Gasteiger partial charge in [-0.3, -0.25) is 4.79 Å². The molecule has 0 spiro atoms. The van der Waals surface area contributed by atoms with Crippen LogP contribution in [0, 0.1) is 0 Å². The van der Waals surface area contributed by atoms with Crippen LogP contribution in [-0.4, -0.2) is 32.5 Å². The Morgan fingerprint density at radius 2 is 2.15 bits per heavy atom. The highest BCUT2D eigenvalue weighted by Crippen LogP contribution is 2.09. The average Bonchev–Trinajstić information content (AvgIpc) is 2.36. The first-order valence-corrected chi connectivity index (χ1v) is 7.78. The normalized spacial score (nSPS) is 12.7. The molecular weight excluding hydrogens is 300 g/mol. The first kappa shape index (κ1) is 16.5. The van der Waals surface area contributed by atoms with Crippen LogP contribution >= 0.6 is 12.2 Å². The maximum atomic E-state index is 11.9. The summed E-state index contributed by atoms with van der Waals surface area (Å²) >= 11 is 4.83. The van der Waals surface area contributed by atoms with E-state index in [1.54, 1.807) is 24.3 Å². The van der Waals surface area contributed by atoms with Gasteiger partial charge in [-0.15, -0.1) is 0 Å². The van der Waals surface area contributed by atoms with E-state index in [0.717, 1.165) is 0 Å². The van der Waals surface area contributed by atoms with Gasteiger partial charge >= 0.3 is 5.97 Å². The maximum absolute atomic E-state index is 11.9. The molecule has 0 saturated heterocycles. The SMILES string of the molecule is COC(=O)C(C)NS(=O)(=O)Cc1cccc(C(N)=S)c1. The first-order valence-electron chi connectivity index (χ1n) is 5.72. The molecule has 0 radical (unpaired) electrons. The predicted octanol–water partition coefficient (Wildman–Crippen LogP) is 0.302. The van der Waals surface area contributed by atoms with Crippen LogP contribution in [0.25, 0.3) is 0 Å². The van der Waals surface area contributed by atoms with Crippen LogP contribution in [0.4, 0.5) is 0 Å². The summed E-state index contributed by atoms with van der Waals surface area (Å²) in [7, 11) is -2.47. The third-order valence-corrected chi connectivity index (χ3v) is 4.14. The molecule has 0 aromatic heterocycles. The number of carbonyl (C=O) groups excluding carboxylic acids is 1. The molecule has 1 aromatic rings. The van der Waals surface area contributed by atoms with Crippen molar-refractivity contribution in [3.05, 3.63) is 35.4 Å². The van der Waals surface area contributed by atoms with E-state index in [4.69, 9.17) is 18.0 Å². The van der Waals surface area contributed by atoms with Crippen LogP contribution in [0.2, 0.25) is 0 Å². The number of hydrogen-bond acceptors (Lipinski definition) is 5. The molecule has 0 heterocycles. The van der Waals surface area contributed by atoms with Crippen LogP contribution in [0.5, 0.6) is 0 Å². The lowest BCUT2D eigenvalue weighted by Crippen LogP contribution is -2.39. The van der Waals surface area contributed by atoms with Gasteiger partial charge in [-0.1, -0.05) is 30.4 Å². The molecule has 8 heteroatoms. The Balaban J connectivity index is 2.83. The van der Waals surface area contributed by atoms with Crippen LogP contribution in [-0.2, 0) is 25.3 Å². The van der Waals surface area contributed by atoms with Gasteiger partial charge in [0.15, 0.2) is 0 Å². The number of methoxy groups -OCH3 is 1. The Bertz CT molecular complexity index is 614. The van der Waals surface area contributed by atoms with Crippen molar-refractivity contribution in [3.63, 3.8) is 0 Å². The van der Waals surface area contributed by atoms with Crippen molar-refractivity contribution in [1.82, 2.24) is 4.72 Å². The summed E-state index contributed by atoms with van der Waals surface area (Å²) in [4.78, 5) is 11.4. The molecule has 0 saturated carbocycles. The number of carbonyl (C=O) groups is 1. The highest BCUT2D eigenvalue weighted by molar-refractivity contribution is 7.88. The van der Waals surface area contributed by atoms with Gasteiger partial charge in [0.25, 0.3) is 0 Å². The molecule has 6 nitrogen and oxygen atoms in total. The summed E-state index contributed by atoms with van der Waals surface area (Å²) in [5, 5.41) is 0. The van der Waals surface area contributed by atoms with Crippen molar-refractivity contribution >= 4 is 33.2 Å². The fourth-order valence-electron chi connectivity index (χ4n) is 1.57. The maximum Gasteiger partial charge on any atom is 0.323 e. The number of rotatable bonds is 6. The van der Waals surface area contributed by atoms with E-state index in [1.165, 1.54) is 14.0 Å². The van der Waals surface area contributed by atoms with Gasteiger partial charge in [0.05, 0.1) is 12.9 Å². The molecule has 0 aliphatic heterocycles. The molecular formula is C12H16N2O4S2. The first-order chi connectivity index (χ1) is 9.25. The van der Waals surface area contributed by atoms with E-state index in [1.807, 2.05) is 0 Å². The summed E-state index contributed by atoms with van der Waals surface area (Å²) < 4.78 is 30.6. The topological polar surface area (TPSA) is 98.5 Å². The minimum Gasteiger partial charge on any atom is -0.468 e. The van der Waals surface area contributed by atoms with Gasteiger partial charge in [-0.05, 0) is 18.6 Å². The number of sulfonamides is 1. The number of ether oxygens (including phenoxy) is 1. The van der Waals surface area contributed by atoms with Gasteiger partial charge in [-0.25, -0.2) is 13.1 Å². The summed E-state index contributed by atoms with van der Waals surface area (Å²) in [5.74, 6) is -0.921. The zero-order valence-corrected chi connectivity index (χ0v) is 12.8. The Kier molecular flexibility index (Phi) is 5.61. The van der Waals surface area contributed by atoms with E-state index in [0.29, 0.717) is 11.1 Å². The molecule has 1 atom stereocenters.